The first kappa shape index (κ1) is 36.3. The maximum absolute atomic E-state index is 13.7. The van der Waals surface area contributed by atoms with E-state index in [0.717, 1.165) is 64.2 Å². The fourth-order valence-corrected chi connectivity index (χ4v) is 12.8. The zero-order valence-electron chi connectivity index (χ0n) is 32.2. The third kappa shape index (κ3) is 5.27. The normalized spacial score (nSPS) is 37.3. The number of allylic oxidation sites excluding steroid dienone is 2. The number of hydrogen-bond donors (Lipinski definition) is 1. The van der Waals surface area contributed by atoms with Crippen molar-refractivity contribution >= 4 is 11.9 Å². The molecule has 0 saturated heterocycles. The van der Waals surface area contributed by atoms with Crippen LogP contribution in [0.15, 0.2) is 33.9 Å². The van der Waals surface area contributed by atoms with Crippen molar-refractivity contribution in [2.75, 3.05) is 0 Å². The average Bonchev–Trinajstić information content (AvgIpc) is 3.70. The van der Waals surface area contributed by atoms with E-state index in [-0.39, 0.29) is 39.6 Å². The molecule has 7 rings (SSSR count). The summed E-state index contributed by atoms with van der Waals surface area (Å²) in [5.41, 5.74) is 2.33. The lowest BCUT2D eigenvalue weighted by Gasteiger charge is -2.72. The number of aliphatic carboxylic acids is 1. The van der Waals surface area contributed by atoms with E-state index in [2.05, 4.69) is 58.5 Å². The summed E-state index contributed by atoms with van der Waals surface area (Å²) in [5.74, 6) is 1.07. The molecule has 9 heteroatoms. The Morgan fingerprint density at radius 2 is 1.71 bits per heavy atom. The number of halogens is 1. The average molecular weight is 704 g/mol. The maximum Gasteiger partial charge on any atom is 0.309 e. The number of fused-ring (bicyclic) bond motifs is 7. The number of esters is 1. The molecular weight excluding hydrogens is 645 g/mol. The highest BCUT2D eigenvalue weighted by Crippen LogP contribution is 2.77. The number of rotatable bonds is 7. The molecule has 0 unspecified atom stereocenters. The van der Waals surface area contributed by atoms with Crippen LogP contribution in [-0.2, 0) is 19.7 Å². The van der Waals surface area contributed by atoms with E-state index in [1.165, 1.54) is 12.3 Å². The van der Waals surface area contributed by atoms with Gasteiger partial charge in [-0.15, -0.1) is 10.2 Å². The van der Waals surface area contributed by atoms with Crippen LogP contribution >= 0.6 is 0 Å². The highest BCUT2D eigenvalue weighted by molar-refractivity contribution is 5.81. The summed E-state index contributed by atoms with van der Waals surface area (Å²) in [6.07, 6.45) is 11.3. The van der Waals surface area contributed by atoms with Gasteiger partial charge in [0.25, 0.3) is 5.89 Å². The van der Waals surface area contributed by atoms with Gasteiger partial charge in [-0.3, -0.25) is 9.59 Å². The minimum absolute atomic E-state index is 0.102. The second kappa shape index (κ2) is 12.0. The summed E-state index contributed by atoms with van der Waals surface area (Å²) >= 11 is 0. The summed E-state index contributed by atoms with van der Waals surface area (Å²) < 4.78 is 26.3. The molecule has 0 aromatic carbocycles. The smallest absolute Gasteiger partial charge is 0.309 e. The lowest BCUT2D eigenvalue weighted by molar-refractivity contribution is -0.232. The zero-order chi connectivity index (χ0) is 36.9. The van der Waals surface area contributed by atoms with E-state index in [1.807, 2.05) is 0 Å². The summed E-state index contributed by atoms with van der Waals surface area (Å²) in [7, 11) is 0. The molecule has 2 heterocycles. The van der Waals surface area contributed by atoms with E-state index in [0.29, 0.717) is 41.1 Å². The molecule has 278 valence electrons. The fraction of sp³-hybridized carbons (Fsp3) is 0.738. The van der Waals surface area contributed by atoms with Gasteiger partial charge >= 0.3 is 11.9 Å². The van der Waals surface area contributed by atoms with Gasteiger partial charge in [-0.2, -0.15) is 0 Å². The minimum Gasteiger partial charge on any atom is -0.481 e. The van der Waals surface area contributed by atoms with Crippen LogP contribution in [0, 0.1) is 56.6 Å². The molecule has 0 bridgehead atoms. The number of nitrogens with zero attached hydrogens (tertiary/aromatic N) is 3. The van der Waals surface area contributed by atoms with Crippen molar-refractivity contribution < 1.29 is 28.2 Å². The molecule has 0 radical (unpaired) electrons. The molecule has 4 saturated carbocycles. The fourth-order valence-electron chi connectivity index (χ4n) is 12.8. The van der Waals surface area contributed by atoms with E-state index < -0.39 is 23.2 Å². The standard InChI is InChI=1S/C42H58FN3O5/c1-24(2)26-14-19-42(35-46-45-34(51-35)28-12-10-25(43)23-44-28)21-20-40(8)27(33(26)42)11-13-30-39(7)17-16-31(50-32(47)22-37(3,4)36(48)49)38(5,6)29(39)15-18-41(30,40)9/h10,12,23-24,27,29-31H,11,13-22H2,1-9H3,(H,48,49)/t27-,29+,30-,31+,39+,40-,41-,42+/m1/s1. The lowest BCUT2D eigenvalue weighted by Crippen LogP contribution is -2.66. The van der Waals surface area contributed by atoms with Gasteiger partial charge in [0.1, 0.15) is 17.6 Å². The first-order valence-electron chi connectivity index (χ1n) is 19.4. The molecule has 2 aromatic heterocycles. The van der Waals surface area contributed by atoms with E-state index >= 15 is 0 Å². The van der Waals surface area contributed by atoms with Crippen molar-refractivity contribution in [3.63, 3.8) is 0 Å². The molecule has 0 amide bonds. The van der Waals surface area contributed by atoms with Crippen LogP contribution in [0.5, 0.6) is 0 Å². The van der Waals surface area contributed by atoms with Crippen molar-refractivity contribution in [1.29, 1.82) is 0 Å². The monoisotopic (exact) mass is 703 g/mol. The molecule has 8 nitrogen and oxygen atoms in total. The maximum atomic E-state index is 13.7. The summed E-state index contributed by atoms with van der Waals surface area (Å²) in [6, 6.07) is 2.98. The molecule has 2 aromatic rings. The van der Waals surface area contributed by atoms with Gasteiger partial charge in [-0.1, -0.05) is 59.6 Å². The summed E-state index contributed by atoms with van der Waals surface area (Å²) in [5, 5.41) is 18.8. The molecule has 5 aliphatic carbocycles. The van der Waals surface area contributed by atoms with Gasteiger partial charge in [-0.25, -0.2) is 9.37 Å². The Morgan fingerprint density at radius 3 is 2.37 bits per heavy atom. The number of ether oxygens (including phenoxy) is 1. The molecule has 0 aliphatic heterocycles. The van der Waals surface area contributed by atoms with Gasteiger partial charge in [0, 0.05) is 5.41 Å². The van der Waals surface area contributed by atoms with Crippen LogP contribution < -0.4 is 0 Å². The topological polar surface area (TPSA) is 115 Å². The van der Waals surface area contributed by atoms with Crippen LogP contribution in [0.4, 0.5) is 4.39 Å². The predicted octanol–water partition coefficient (Wildman–Crippen LogP) is 9.74. The second-order valence-corrected chi connectivity index (χ2v) is 19.3. The molecular formula is C42H58FN3O5. The van der Waals surface area contributed by atoms with Gasteiger partial charge in [0.05, 0.1) is 23.4 Å². The number of carbonyl (C=O) groups is 2. The predicted molar refractivity (Wildman–Crippen MR) is 192 cm³/mol. The third-order valence-corrected chi connectivity index (χ3v) is 15.8. The Labute approximate surface area is 302 Å². The Hall–Kier alpha value is -3.10. The second-order valence-electron chi connectivity index (χ2n) is 19.3. The Bertz CT molecular complexity index is 1750. The van der Waals surface area contributed by atoms with E-state index in [4.69, 9.17) is 14.3 Å². The Kier molecular flexibility index (Phi) is 8.50. The molecule has 1 N–H and O–H groups in total. The highest BCUT2D eigenvalue weighted by Gasteiger charge is 2.70. The van der Waals surface area contributed by atoms with Crippen LogP contribution in [0.3, 0.4) is 0 Å². The minimum atomic E-state index is -1.15. The van der Waals surface area contributed by atoms with Crippen molar-refractivity contribution in [1.82, 2.24) is 15.2 Å². The lowest BCUT2D eigenvalue weighted by atomic mass is 9.33. The molecule has 8 atom stereocenters. The van der Waals surface area contributed by atoms with Crippen LogP contribution in [-0.4, -0.2) is 38.3 Å². The number of pyridine rings is 1. The third-order valence-electron chi connectivity index (χ3n) is 15.8. The number of carboxylic acid groups (broad SMARTS) is 1. The van der Waals surface area contributed by atoms with Gasteiger partial charge in [0.15, 0.2) is 0 Å². The SMILES string of the molecule is CC(C)C1=C2[C@H]3CC[C@@H]4[C@@]5(C)CC[C@H](OC(=O)CC(C)(C)C(=O)O)C(C)(C)[C@@H]5CC[C@@]4(C)[C@]3(C)CC[C@@]2(c2nnc(-c3ccc(F)cn3)o2)CC1. The zero-order valence-corrected chi connectivity index (χ0v) is 32.2. The van der Waals surface area contributed by atoms with E-state index in [1.54, 1.807) is 31.1 Å². The van der Waals surface area contributed by atoms with Crippen molar-refractivity contribution in [2.24, 2.45) is 50.7 Å². The first-order valence-corrected chi connectivity index (χ1v) is 19.4. The Balaban J connectivity index is 1.18. The quantitative estimate of drug-likeness (QED) is 0.224. The number of carbonyl (C=O) groups excluding carboxylic acids is 1. The van der Waals surface area contributed by atoms with Gasteiger partial charge < -0.3 is 14.3 Å². The number of hydrogen-bond acceptors (Lipinski definition) is 7. The molecule has 5 aliphatic rings. The van der Waals surface area contributed by atoms with E-state index in [9.17, 15) is 19.1 Å². The molecule has 51 heavy (non-hydrogen) atoms. The molecule has 0 spiro atoms. The molecule has 4 fully saturated rings. The summed E-state index contributed by atoms with van der Waals surface area (Å²) in [6.45, 7) is 20.2. The van der Waals surface area contributed by atoms with Crippen LogP contribution in [0.1, 0.15) is 139 Å². The van der Waals surface area contributed by atoms with Gasteiger partial charge in [-0.05, 0) is 130 Å². The number of carboxylic acids is 1. The first-order chi connectivity index (χ1) is 23.8. The number of aromatic nitrogens is 3. The Morgan fingerprint density at radius 1 is 0.961 bits per heavy atom. The van der Waals surface area contributed by atoms with Gasteiger partial charge in [0.2, 0.25) is 5.89 Å². The van der Waals surface area contributed by atoms with Crippen molar-refractivity contribution in [3.05, 3.63) is 41.2 Å². The highest BCUT2D eigenvalue weighted by atomic mass is 19.1. The summed E-state index contributed by atoms with van der Waals surface area (Å²) in [4.78, 5) is 29.0. The largest absolute Gasteiger partial charge is 0.481 e. The van der Waals surface area contributed by atoms with Crippen LogP contribution in [0.2, 0.25) is 0 Å². The van der Waals surface area contributed by atoms with Crippen molar-refractivity contribution in [2.45, 2.75) is 144 Å². The van der Waals surface area contributed by atoms with Crippen molar-refractivity contribution in [3.8, 4) is 11.6 Å². The van der Waals surface area contributed by atoms with Crippen LogP contribution in [0.25, 0.3) is 11.6 Å².